The zero-order chi connectivity index (χ0) is 9.14. The van der Waals surface area contributed by atoms with Gasteiger partial charge in [0.1, 0.15) is 0 Å². The van der Waals surface area contributed by atoms with E-state index in [0.717, 1.165) is 4.47 Å². The quantitative estimate of drug-likeness (QED) is 0.817. The van der Waals surface area contributed by atoms with E-state index in [-0.39, 0.29) is 5.88 Å². The fourth-order valence-corrected chi connectivity index (χ4v) is 1.64. The van der Waals surface area contributed by atoms with Crippen molar-refractivity contribution in [2.24, 2.45) is 0 Å². The molecule has 4 heteroatoms. The van der Waals surface area contributed by atoms with E-state index in [2.05, 4.69) is 15.9 Å². The van der Waals surface area contributed by atoms with Crippen molar-refractivity contribution in [3.8, 4) is 0 Å². The van der Waals surface area contributed by atoms with Gasteiger partial charge in [-0.25, -0.2) is 0 Å². The monoisotopic (exact) mass is 268 g/mol. The average molecular weight is 270 g/mol. The second-order valence-electron chi connectivity index (χ2n) is 2.34. The first-order valence-corrected chi connectivity index (χ1v) is 5.04. The Morgan fingerprint density at radius 1 is 1.50 bits per heavy atom. The maximum absolute atomic E-state index is 9.40. The Labute approximate surface area is 89.4 Å². The average Bonchev–Trinajstić information content (AvgIpc) is 2.08. The molecule has 0 fully saturated rings. The molecule has 0 aliphatic carbocycles. The summed E-state index contributed by atoms with van der Waals surface area (Å²) in [5.41, 5.74) is 0.654. The third-order valence-electron chi connectivity index (χ3n) is 1.46. The molecular weight excluding hydrogens is 263 g/mol. The summed E-state index contributed by atoms with van der Waals surface area (Å²) in [5.74, 6) is 0.149. The summed E-state index contributed by atoms with van der Waals surface area (Å²) in [6.45, 7) is 0. The van der Waals surface area contributed by atoms with Crippen LogP contribution in [-0.2, 0) is 0 Å². The van der Waals surface area contributed by atoms with Crippen LogP contribution in [0.2, 0.25) is 5.02 Å². The molecule has 0 aliphatic rings. The van der Waals surface area contributed by atoms with Crippen molar-refractivity contribution in [3.63, 3.8) is 0 Å². The van der Waals surface area contributed by atoms with E-state index in [1.165, 1.54) is 0 Å². The lowest BCUT2D eigenvalue weighted by Gasteiger charge is -2.09. The largest absolute Gasteiger partial charge is 0.387 e. The van der Waals surface area contributed by atoms with E-state index in [4.69, 9.17) is 23.2 Å². The smallest absolute Gasteiger partial charge is 0.0940 e. The van der Waals surface area contributed by atoms with Crippen LogP contribution in [0, 0.1) is 0 Å². The number of rotatable bonds is 2. The van der Waals surface area contributed by atoms with Crippen LogP contribution in [0.1, 0.15) is 11.7 Å². The van der Waals surface area contributed by atoms with Crippen LogP contribution in [0.4, 0.5) is 0 Å². The Morgan fingerprint density at radius 2 is 2.17 bits per heavy atom. The molecule has 0 saturated heterocycles. The van der Waals surface area contributed by atoms with Crippen molar-refractivity contribution >= 4 is 39.1 Å². The molecule has 1 nitrogen and oxygen atoms in total. The van der Waals surface area contributed by atoms with Gasteiger partial charge in [-0.1, -0.05) is 27.5 Å². The van der Waals surface area contributed by atoms with Gasteiger partial charge in [0, 0.05) is 15.1 Å². The highest BCUT2D eigenvalue weighted by molar-refractivity contribution is 9.10. The van der Waals surface area contributed by atoms with E-state index < -0.39 is 6.10 Å². The lowest BCUT2D eigenvalue weighted by atomic mass is 10.1. The third kappa shape index (κ3) is 2.36. The summed E-state index contributed by atoms with van der Waals surface area (Å²) < 4.78 is 0.881. The maximum Gasteiger partial charge on any atom is 0.0940 e. The fraction of sp³-hybridized carbons (Fsp3) is 0.250. The minimum atomic E-state index is -0.698. The molecule has 0 heterocycles. The third-order valence-corrected chi connectivity index (χ3v) is 2.59. The Balaban J connectivity index is 3.04. The number of hydrogen-bond acceptors (Lipinski definition) is 1. The molecule has 1 aromatic carbocycles. The normalized spacial score (nSPS) is 13.0. The fourth-order valence-electron chi connectivity index (χ4n) is 0.853. The van der Waals surface area contributed by atoms with Gasteiger partial charge in [-0.15, -0.1) is 11.6 Å². The number of benzene rings is 1. The SMILES string of the molecule is O[C@@H](CCl)c1cc(Br)ccc1Cl. The molecule has 1 rings (SSSR count). The summed E-state index contributed by atoms with van der Waals surface area (Å²) in [4.78, 5) is 0. The molecule has 0 saturated carbocycles. The van der Waals surface area contributed by atoms with Gasteiger partial charge < -0.3 is 5.11 Å². The molecule has 66 valence electrons. The summed E-state index contributed by atoms with van der Waals surface area (Å²) in [7, 11) is 0. The summed E-state index contributed by atoms with van der Waals surface area (Å²) in [6, 6.07) is 5.29. The van der Waals surface area contributed by atoms with Crippen molar-refractivity contribution in [2.75, 3.05) is 5.88 Å². The summed E-state index contributed by atoms with van der Waals surface area (Å²) in [6.07, 6.45) is -0.698. The lowest BCUT2D eigenvalue weighted by Crippen LogP contribution is -1.99. The topological polar surface area (TPSA) is 20.2 Å². The highest BCUT2D eigenvalue weighted by Gasteiger charge is 2.09. The molecule has 12 heavy (non-hydrogen) atoms. The molecule has 0 spiro atoms. The van der Waals surface area contributed by atoms with Crippen LogP contribution in [0.5, 0.6) is 0 Å². The van der Waals surface area contributed by atoms with Crippen molar-refractivity contribution in [3.05, 3.63) is 33.3 Å². The predicted molar refractivity (Wildman–Crippen MR) is 54.8 cm³/mol. The first-order chi connectivity index (χ1) is 5.65. The van der Waals surface area contributed by atoms with Gasteiger partial charge in [0.25, 0.3) is 0 Å². The molecule has 0 amide bonds. The van der Waals surface area contributed by atoms with Crippen LogP contribution in [0.25, 0.3) is 0 Å². The Morgan fingerprint density at radius 3 is 2.75 bits per heavy atom. The summed E-state index contributed by atoms with van der Waals surface area (Å²) >= 11 is 14.6. The number of hydrogen-bond donors (Lipinski definition) is 1. The van der Waals surface area contributed by atoms with Gasteiger partial charge in [0.2, 0.25) is 0 Å². The van der Waals surface area contributed by atoms with Crippen molar-refractivity contribution < 1.29 is 5.11 Å². The number of halogens is 3. The molecule has 1 aromatic rings. The van der Waals surface area contributed by atoms with E-state index >= 15 is 0 Å². The van der Waals surface area contributed by atoms with Crippen LogP contribution in [0.3, 0.4) is 0 Å². The van der Waals surface area contributed by atoms with Crippen molar-refractivity contribution in [1.82, 2.24) is 0 Å². The molecule has 1 N–H and O–H groups in total. The van der Waals surface area contributed by atoms with Gasteiger partial charge in [0.15, 0.2) is 0 Å². The zero-order valence-corrected chi connectivity index (χ0v) is 9.20. The van der Waals surface area contributed by atoms with E-state index in [1.807, 2.05) is 6.07 Å². The molecule has 0 unspecified atom stereocenters. The van der Waals surface area contributed by atoms with Gasteiger partial charge in [0.05, 0.1) is 12.0 Å². The Bertz CT molecular complexity index is 278. The number of aliphatic hydroxyl groups is 1. The van der Waals surface area contributed by atoms with Crippen LogP contribution < -0.4 is 0 Å². The molecule has 0 bridgehead atoms. The molecular formula is C8H7BrCl2O. The highest BCUT2D eigenvalue weighted by Crippen LogP contribution is 2.26. The van der Waals surface area contributed by atoms with Gasteiger partial charge in [-0.3, -0.25) is 0 Å². The number of aliphatic hydroxyl groups excluding tert-OH is 1. The minimum absolute atomic E-state index is 0.149. The lowest BCUT2D eigenvalue weighted by molar-refractivity contribution is 0.202. The zero-order valence-electron chi connectivity index (χ0n) is 6.10. The Kier molecular flexibility index (Phi) is 3.84. The van der Waals surface area contributed by atoms with E-state index in [1.54, 1.807) is 12.1 Å². The second kappa shape index (κ2) is 4.47. The molecule has 0 aliphatic heterocycles. The first-order valence-electron chi connectivity index (χ1n) is 3.34. The van der Waals surface area contributed by atoms with Gasteiger partial charge in [-0.05, 0) is 18.2 Å². The molecule has 0 aromatic heterocycles. The van der Waals surface area contributed by atoms with Gasteiger partial charge >= 0.3 is 0 Å². The minimum Gasteiger partial charge on any atom is -0.387 e. The van der Waals surface area contributed by atoms with E-state index in [0.29, 0.717) is 10.6 Å². The predicted octanol–water partition coefficient (Wildman–Crippen LogP) is 3.37. The first kappa shape index (κ1) is 10.3. The maximum atomic E-state index is 9.40. The standard InChI is InChI=1S/C8H7BrCl2O/c9-5-1-2-7(11)6(3-5)8(12)4-10/h1-3,8,12H,4H2/t8-/m0/s1. The highest BCUT2D eigenvalue weighted by atomic mass is 79.9. The Hall–Kier alpha value is 0.240. The van der Waals surface area contributed by atoms with Gasteiger partial charge in [-0.2, -0.15) is 0 Å². The second-order valence-corrected chi connectivity index (χ2v) is 3.97. The van der Waals surface area contributed by atoms with Crippen LogP contribution in [0.15, 0.2) is 22.7 Å². The van der Waals surface area contributed by atoms with Crippen molar-refractivity contribution in [2.45, 2.75) is 6.10 Å². The molecule has 0 radical (unpaired) electrons. The van der Waals surface area contributed by atoms with E-state index in [9.17, 15) is 5.11 Å². The number of alkyl halides is 1. The molecule has 1 atom stereocenters. The van der Waals surface area contributed by atoms with Crippen LogP contribution >= 0.6 is 39.1 Å². The van der Waals surface area contributed by atoms with Crippen LogP contribution in [-0.4, -0.2) is 11.0 Å². The summed E-state index contributed by atoms with van der Waals surface area (Å²) in [5, 5.41) is 9.93. The van der Waals surface area contributed by atoms with Crippen molar-refractivity contribution in [1.29, 1.82) is 0 Å².